The number of hydrogen-bond donors (Lipinski definition) is 1. The molecule has 4 rings (SSSR count). The van der Waals surface area contributed by atoms with Gasteiger partial charge >= 0.3 is 0 Å². The molecule has 0 spiro atoms. The fraction of sp³-hybridized carbons (Fsp3) is 0.462. The van der Waals surface area contributed by atoms with Gasteiger partial charge < -0.3 is 15.1 Å². The van der Waals surface area contributed by atoms with Crippen LogP contribution >= 0.6 is 0 Å². The molecule has 2 amide bonds. The smallest absolute Gasteiger partial charge is 0.254 e. The molecule has 2 aliphatic heterocycles. The van der Waals surface area contributed by atoms with Crippen LogP contribution in [-0.4, -0.2) is 78.4 Å². The number of carbonyl (C=O) groups excluding carboxylic acids is 2. The van der Waals surface area contributed by atoms with E-state index in [4.69, 9.17) is 0 Å². The van der Waals surface area contributed by atoms with E-state index in [1.807, 2.05) is 30.3 Å². The molecule has 1 atom stereocenters. The molecule has 0 saturated carbocycles. The summed E-state index contributed by atoms with van der Waals surface area (Å²) >= 11 is 0. The Morgan fingerprint density at radius 1 is 0.844 bits per heavy atom. The minimum atomic E-state index is -0.343. The largest absolute Gasteiger partial charge is 0.354 e. The Hall–Kier alpha value is -2.70. The third-order valence-corrected chi connectivity index (χ3v) is 6.50. The van der Waals surface area contributed by atoms with Gasteiger partial charge in [0.05, 0.1) is 0 Å². The Morgan fingerprint density at radius 2 is 1.50 bits per heavy atom. The minimum absolute atomic E-state index is 0.0144. The monoisotopic (exact) mass is 434 g/mol. The van der Waals surface area contributed by atoms with Crippen LogP contribution in [0.2, 0.25) is 0 Å². The van der Waals surface area contributed by atoms with Crippen LogP contribution in [0.15, 0.2) is 60.7 Å². The second-order valence-corrected chi connectivity index (χ2v) is 8.77. The number of nitrogens with zero attached hydrogens (tertiary/aromatic N) is 3. The van der Waals surface area contributed by atoms with Crippen LogP contribution in [0.25, 0.3) is 0 Å². The van der Waals surface area contributed by atoms with E-state index in [1.54, 1.807) is 4.90 Å². The second kappa shape index (κ2) is 11.2. The van der Waals surface area contributed by atoms with Gasteiger partial charge in [-0.25, -0.2) is 0 Å². The minimum Gasteiger partial charge on any atom is -0.354 e. The van der Waals surface area contributed by atoms with E-state index in [0.29, 0.717) is 18.7 Å². The number of hydrogen-bond acceptors (Lipinski definition) is 4. The van der Waals surface area contributed by atoms with Crippen molar-refractivity contribution in [2.45, 2.75) is 31.8 Å². The molecule has 2 saturated heterocycles. The number of rotatable bonds is 8. The number of carbonyl (C=O) groups is 2. The molecule has 2 heterocycles. The number of nitrogens with one attached hydrogen (secondary N) is 1. The number of likely N-dealkylation sites (tertiary alicyclic amines) is 1. The Morgan fingerprint density at radius 3 is 2.22 bits per heavy atom. The highest BCUT2D eigenvalue weighted by atomic mass is 16.2. The predicted molar refractivity (Wildman–Crippen MR) is 126 cm³/mol. The molecule has 6 heteroatoms. The molecular weight excluding hydrogens is 400 g/mol. The van der Waals surface area contributed by atoms with Crippen LogP contribution in [0.3, 0.4) is 0 Å². The summed E-state index contributed by atoms with van der Waals surface area (Å²) in [7, 11) is 0. The van der Waals surface area contributed by atoms with Gasteiger partial charge in [-0.3, -0.25) is 14.5 Å². The summed E-state index contributed by atoms with van der Waals surface area (Å²) in [5.41, 5.74) is 2.02. The van der Waals surface area contributed by atoms with Gasteiger partial charge in [0, 0.05) is 51.4 Å². The van der Waals surface area contributed by atoms with E-state index in [2.05, 4.69) is 45.4 Å². The van der Waals surface area contributed by atoms with Crippen LogP contribution in [0.4, 0.5) is 0 Å². The van der Waals surface area contributed by atoms with Crippen molar-refractivity contribution in [3.05, 3.63) is 71.8 Å². The SMILES string of the molecule is O=C(NCCCN1CCN(Cc2ccccc2)CC1)C1CCCN1C(=O)c1ccccc1. The number of amides is 2. The van der Waals surface area contributed by atoms with Gasteiger partial charge in [-0.15, -0.1) is 0 Å². The predicted octanol–water partition coefficient (Wildman–Crippen LogP) is 2.62. The third kappa shape index (κ3) is 5.96. The summed E-state index contributed by atoms with van der Waals surface area (Å²) in [5.74, 6) is -0.0592. The summed E-state index contributed by atoms with van der Waals surface area (Å²) in [4.78, 5) is 32.2. The van der Waals surface area contributed by atoms with E-state index < -0.39 is 0 Å². The first-order chi connectivity index (χ1) is 15.7. The lowest BCUT2D eigenvalue weighted by Crippen LogP contribution is -2.47. The summed E-state index contributed by atoms with van der Waals surface area (Å²) in [6.07, 6.45) is 2.56. The van der Waals surface area contributed by atoms with Crippen molar-refractivity contribution in [1.82, 2.24) is 20.0 Å². The summed E-state index contributed by atoms with van der Waals surface area (Å²) in [5, 5.41) is 3.07. The van der Waals surface area contributed by atoms with Crippen LogP contribution in [0.1, 0.15) is 35.2 Å². The highest BCUT2D eigenvalue weighted by Crippen LogP contribution is 2.20. The molecule has 6 nitrogen and oxygen atoms in total. The lowest BCUT2D eigenvalue weighted by molar-refractivity contribution is -0.124. The molecule has 2 fully saturated rings. The zero-order valence-electron chi connectivity index (χ0n) is 18.8. The van der Waals surface area contributed by atoms with Gasteiger partial charge in [0.1, 0.15) is 6.04 Å². The van der Waals surface area contributed by atoms with E-state index in [1.165, 1.54) is 5.56 Å². The quantitative estimate of drug-likeness (QED) is 0.649. The van der Waals surface area contributed by atoms with Gasteiger partial charge in [-0.05, 0) is 43.5 Å². The molecule has 1 unspecified atom stereocenters. The zero-order valence-corrected chi connectivity index (χ0v) is 18.8. The standard InChI is InChI=1S/C26H34N4O2/c31-25(24-13-7-16-30(24)26(32)23-11-5-2-6-12-23)27-14-8-15-28-17-19-29(20-18-28)21-22-9-3-1-4-10-22/h1-6,9-12,24H,7-8,13-21H2,(H,27,31). The second-order valence-electron chi connectivity index (χ2n) is 8.77. The number of piperazine rings is 1. The normalized spacial score (nSPS) is 19.8. The molecule has 2 aromatic rings. The molecule has 0 aliphatic carbocycles. The van der Waals surface area contributed by atoms with Gasteiger partial charge in [0.2, 0.25) is 5.91 Å². The molecule has 32 heavy (non-hydrogen) atoms. The van der Waals surface area contributed by atoms with Crippen LogP contribution in [-0.2, 0) is 11.3 Å². The Bertz CT molecular complexity index is 866. The summed E-state index contributed by atoms with van der Waals surface area (Å²) < 4.78 is 0. The molecule has 0 bridgehead atoms. The first kappa shape index (κ1) is 22.5. The highest BCUT2D eigenvalue weighted by Gasteiger charge is 2.34. The van der Waals surface area contributed by atoms with E-state index >= 15 is 0 Å². The molecule has 170 valence electrons. The lowest BCUT2D eigenvalue weighted by Gasteiger charge is -2.34. The van der Waals surface area contributed by atoms with Gasteiger partial charge in [0.15, 0.2) is 0 Å². The summed E-state index contributed by atoms with van der Waals surface area (Å²) in [6.45, 7) is 7.64. The average molecular weight is 435 g/mol. The van der Waals surface area contributed by atoms with Crippen molar-refractivity contribution in [2.75, 3.05) is 45.8 Å². The van der Waals surface area contributed by atoms with E-state index in [9.17, 15) is 9.59 Å². The molecule has 0 radical (unpaired) electrons. The van der Waals surface area contributed by atoms with Crippen molar-refractivity contribution >= 4 is 11.8 Å². The van der Waals surface area contributed by atoms with Crippen LogP contribution in [0.5, 0.6) is 0 Å². The fourth-order valence-electron chi connectivity index (χ4n) is 4.67. The van der Waals surface area contributed by atoms with Crippen molar-refractivity contribution in [3.63, 3.8) is 0 Å². The van der Waals surface area contributed by atoms with Gasteiger partial charge in [-0.2, -0.15) is 0 Å². The van der Waals surface area contributed by atoms with Crippen molar-refractivity contribution in [2.24, 2.45) is 0 Å². The van der Waals surface area contributed by atoms with Crippen LogP contribution < -0.4 is 5.32 Å². The van der Waals surface area contributed by atoms with E-state index in [-0.39, 0.29) is 17.9 Å². The van der Waals surface area contributed by atoms with E-state index in [0.717, 1.165) is 58.5 Å². The molecule has 2 aromatic carbocycles. The van der Waals surface area contributed by atoms with Crippen molar-refractivity contribution < 1.29 is 9.59 Å². The Balaban J connectivity index is 1.14. The molecule has 0 aromatic heterocycles. The lowest BCUT2D eigenvalue weighted by atomic mass is 10.1. The maximum Gasteiger partial charge on any atom is 0.254 e. The summed E-state index contributed by atoms with van der Waals surface area (Å²) in [6, 6.07) is 19.5. The van der Waals surface area contributed by atoms with Gasteiger partial charge in [-0.1, -0.05) is 48.5 Å². The van der Waals surface area contributed by atoms with Crippen molar-refractivity contribution in [3.8, 4) is 0 Å². The third-order valence-electron chi connectivity index (χ3n) is 6.50. The number of benzene rings is 2. The maximum atomic E-state index is 12.8. The highest BCUT2D eigenvalue weighted by molar-refractivity contribution is 5.97. The zero-order chi connectivity index (χ0) is 22.2. The van der Waals surface area contributed by atoms with Crippen molar-refractivity contribution in [1.29, 1.82) is 0 Å². The average Bonchev–Trinajstić information content (AvgIpc) is 3.34. The Labute approximate surface area is 191 Å². The van der Waals surface area contributed by atoms with Crippen LogP contribution in [0, 0.1) is 0 Å². The molecule has 1 N–H and O–H groups in total. The first-order valence-corrected chi connectivity index (χ1v) is 11.8. The maximum absolute atomic E-state index is 12.8. The molecular formula is C26H34N4O2. The molecule has 2 aliphatic rings. The van der Waals surface area contributed by atoms with Gasteiger partial charge in [0.25, 0.3) is 5.91 Å². The fourth-order valence-corrected chi connectivity index (χ4v) is 4.67. The first-order valence-electron chi connectivity index (χ1n) is 11.8. The Kier molecular flexibility index (Phi) is 7.91. The topological polar surface area (TPSA) is 55.9 Å².